The number of fused-ring (bicyclic) bond motifs is 2. The van der Waals surface area contributed by atoms with Crippen molar-refractivity contribution >= 4 is 46.0 Å². The first-order valence-electron chi connectivity index (χ1n) is 12.5. The van der Waals surface area contributed by atoms with Crippen LogP contribution in [-0.2, 0) is 31.9 Å². The van der Waals surface area contributed by atoms with Gasteiger partial charge in [-0.25, -0.2) is 9.59 Å². The van der Waals surface area contributed by atoms with Gasteiger partial charge in [0, 0.05) is 4.88 Å². The molecule has 0 saturated carbocycles. The number of thiophene rings is 1. The van der Waals surface area contributed by atoms with Crippen LogP contribution in [0.4, 0.5) is 5.00 Å². The number of rotatable bonds is 9. The molecule has 1 aromatic heterocycles. The summed E-state index contributed by atoms with van der Waals surface area (Å²) in [6, 6.07) is 5.23. The third kappa shape index (κ3) is 5.44. The predicted molar refractivity (Wildman–Crippen MR) is 137 cm³/mol. The number of hydrogen-bond donors (Lipinski definition) is 1. The van der Waals surface area contributed by atoms with Gasteiger partial charge in [-0.3, -0.25) is 19.3 Å². The summed E-state index contributed by atoms with van der Waals surface area (Å²) in [5, 5.41) is 3.08. The summed E-state index contributed by atoms with van der Waals surface area (Å²) in [7, 11) is 0. The summed E-state index contributed by atoms with van der Waals surface area (Å²) in [5.41, 5.74) is 1.74. The fraction of sp³-hybridized carbons (Fsp3) is 0.444. The van der Waals surface area contributed by atoms with Gasteiger partial charge in [-0.1, -0.05) is 26.0 Å². The summed E-state index contributed by atoms with van der Waals surface area (Å²) in [6.07, 6.45) is 3.72. The van der Waals surface area contributed by atoms with Crippen molar-refractivity contribution < 1.29 is 33.4 Å². The molecule has 1 aromatic carbocycles. The van der Waals surface area contributed by atoms with Gasteiger partial charge in [0.15, 0.2) is 6.61 Å². The minimum Gasteiger partial charge on any atom is -0.462 e. The SMILES string of the molecule is CCOC(=O)c1c(NC(=O)COC(=O)C(CC(C)C)N2C(=O)c3ccccc3C2=O)sc2c1CCCC2. The number of nitrogens with one attached hydrogen (secondary N) is 1. The van der Waals surface area contributed by atoms with E-state index >= 15 is 0 Å². The Kier molecular flexibility index (Phi) is 8.06. The Labute approximate surface area is 219 Å². The van der Waals surface area contributed by atoms with Crippen LogP contribution in [0.2, 0.25) is 0 Å². The van der Waals surface area contributed by atoms with E-state index < -0.39 is 42.3 Å². The van der Waals surface area contributed by atoms with Crippen LogP contribution < -0.4 is 5.32 Å². The average Bonchev–Trinajstić information content (AvgIpc) is 3.35. The van der Waals surface area contributed by atoms with Crippen LogP contribution in [0.3, 0.4) is 0 Å². The highest BCUT2D eigenvalue weighted by atomic mass is 32.1. The molecule has 3 amide bonds. The van der Waals surface area contributed by atoms with Crippen molar-refractivity contribution in [3.05, 3.63) is 51.4 Å². The summed E-state index contributed by atoms with van der Waals surface area (Å²) in [6.45, 7) is 5.03. The van der Waals surface area contributed by atoms with Crippen LogP contribution >= 0.6 is 11.3 Å². The first-order valence-corrected chi connectivity index (χ1v) is 13.3. The summed E-state index contributed by atoms with van der Waals surface area (Å²) in [4.78, 5) is 66.3. The number of benzene rings is 1. The zero-order valence-corrected chi connectivity index (χ0v) is 21.9. The molecule has 1 N–H and O–H groups in total. The molecule has 4 rings (SSSR count). The van der Waals surface area contributed by atoms with Gasteiger partial charge in [-0.15, -0.1) is 11.3 Å². The highest BCUT2D eigenvalue weighted by Gasteiger charge is 2.43. The molecule has 0 bridgehead atoms. The standard InChI is InChI=1S/C27H30N2O7S/c1-4-35-27(34)22-18-11-7-8-12-20(18)37-23(22)28-21(30)14-36-26(33)19(13-15(2)3)29-24(31)16-9-5-6-10-17(16)25(29)32/h5-6,9-10,15,19H,4,7-8,11-14H2,1-3H3,(H,28,30). The van der Waals surface area contributed by atoms with Crippen molar-refractivity contribution in [3.63, 3.8) is 0 Å². The van der Waals surface area contributed by atoms with Crippen molar-refractivity contribution in [3.8, 4) is 0 Å². The third-order valence-electron chi connectivity index (χ3n) is 6.35. The summed E-state index contributed by atoms with van der Waals surface area (Å²) < 4.78 is 10.5. The molecule has 0 saturated heterocycles. The minimum atomic E-state index is -1.16. The van der Waals surface area contributed by atoms with E-state index in [1.165, 1.54) is 11.3 Å². The molecule has 1 unspecified atom stereocenters. The quantitative estimate of drug-likeness (QED) is 0.387. The monoisotopic (exact) mass is 526 g/mol. The molecule has 10 heteroatoms. The fourth-order valence-electron chi connectivity index (χ4n) is 4.71. The molecule has 0 fully saturated rings. The summed E-state index contributed by atoms with van der Waals surface area (Å²) in [5.74, 6) is -3.10. The lowest BCUT2D eigenvalue weighted by Gasteiger charge is -2.25. The Hall–Kier alpha value is -3.53. The van der Waals surface area contributed by atoms with Gasteiger partial charge in [0.25, 0.3) is 17.7 Å². The van der Waals surface area contributed by atoms with E-state index in [9.17, 15) is 24.0 Å². The predicted octanol–water partition coefficient (Wildman–Crippen LogP) is 4.00. The van der Waals surface area contributed by atoms with Gasteiger partial charge in [0.05, 0.1) is 23.3 Å². The number of carbonyl (C=O) groups is 5. The van der Waals surface area contributed by atoms with Crippen molar-refractivity contribution in [2.75, 3.05) is 18.5 Å². The maximum atomic E-state index is 13.1. The molecule has 0 spiro atoms. The smallest absolute Gasteiger partial charge is 0.341 e. The van der Waals surface area contributed by atoms with Crippen LogP contribution in [-0.4, -0.2) is 53.8 Å². The number of esters is 2. The maximum absolute atomic E-state index is 13.1. The molecule has 9 nitrogen and oxygen atoms in total. The van der Waals surface area contributed by atoms with Crippen LogP contribution in [0.5, 0.6) is 0 Å². The van der Waals surface area contributed by atoms with E-state index in [1.807, 2.05) is 13.8 Å². The third-order valence-corrected chi connectivity index (χ3v) is 7.56. The van der Waals surface area contributed by atoms with Gasteiger partial charge < -0.3 is 14.8 Å². The first-order chi connectivity index (χ1) is 17.7. The van der Waals surface area contributed by atoms with E-state index in [-0.39, 0.29) is 30.1 Å². The molecule has 1 atom stereocenters. The number of nitrogens with zero attached hydrogens (tertiary/aromatic N) is 1. The van der Waals surface area contributed by atoms with E-state index in [1.54, 1.807) is 31.2 Å². The molecular formula is C27H30N2O7S. The van der Waals surface area contributed by atoms with Crippen molar-refractivity contribution in [1.29, 1.82) is 0 Å². The molecular weight excluding hydrogens is 496 g/mol. The number of anilines is 1. The van der Waals surface area contributed by atoms with Crippen LogP contribution in [0.25, 0.3) is 0 Å². The Morgan fingerprint density at radius 1 is 1.03 bits per heavy atom. The normalized spacial score (nSPS) is 15.3. The van der Waals surface area contributed by atoms with Crippen molar-refractivity contribution in [1.82, 2.24) is 4.90 Å². The maximum Gasteiger partial charge on any atom is 0.341 e. The van der Waals surface area contributed by atoms with Gasteiger partial charge >= 0.3 is 11.9 Å². The lowest BCUT2D eigenvalue weighted by atomic mass is 9.95. The van der Waals surface area contributed by atoms with Crippen LogP contribution in [0.1, 0.15) is 81.5 Å². The Morgan fingerprint density at radius 3 is 2.30 bits per heavy atom. The number of amides is 3. The topological polar surface area (TPSA) is 119 Å². The lowest BCUT2D eigenvalue weighted by molar-refractivity contribution is -0.151. The molecule has 37 heavy (non-hydrogen) atoms. The molecule has 2 heterocycles. The Balaban J connectivity index is 1.47. The van der Waals surface area contributed by atoms with Gasteiger partial charge in [-0.2, -0.15) is 0 Å². The summed E-state index contributed by atoms with van der Waals surface area (Å²) >= 11 is 1.34. The highest BCUT2D eigenvalue weighted by Crippen LogP contribution is 2.38. The molecule has 2 aromatic rings. The largest absolute Gasteiger partial charge is 0.462 e. The van der Waals surface area contributed by atoms with Crippen molar-refractivity contribution in [2.24, 2.45) is 5.92 Å². The van der Waals surface area contributed by atoms with Crippen LogP contribution in [0, 0.1) is 5.92 Å². The number of imide groups is 1. The van der Waals surface area contributed by atoms with E-state index in [0.29, 0.717) is 10.6 Å². The van der Waals surface area contributed by atoms with E-state index in [2.05, 4.69) is 5.32 Å². The number of ether oxygens (including phenoxy) is 2. The molecule has 1 aliphatic carbocycles. The molecule has 0 radical (unpaired) electrons. The first kappa shape index (κ1) is 26.5. The Bertz CT molecular complexity index is 1210. The Morgan fingerprint density at radius 2 is 1.68 bits per heavy atom. The second kappa shape index (κ2) is 11.2. The van der Waals surface area contributed by atoms with E-state index in [0.717, 1.165) is 41.0 Å². The van der Waals surface area contributed by atoms with Crippen molar-refractivity contribution in [2.45, 2.75) is 58.9 Å². The molecule has 2 aliphatic rings. The van der Waals surface area contributed by atoms with E-state index in [4.69, 9.17) is 9.47 Å². The molecule has 1 aliphatic heterocycles. The lowest BCUT2D eigenvalue weighted by Crippen LogP contribution is -2.46. The van der Waals surface area contributed by atoms with Gasteiger partial charge in [0.1, 0.15) is 11.0 Å². The minimum absolute atomic E-state index is 0.0275. The zero-order chi connectivity index (χ0) is 26.7. The number of hydrogen-bond acceptors (Lipinski definition) is 8. The fourth-order valence-corrected chi connectivity index (χ4v) is 6.01. The second-order valence-corrected chi connectivity index (χ2v) is 10.6. The highest BCUT2D eigenvalue weighted by molar-refractivity contribution is 7.17. The van der Waals surface area contributed by atoms with Gasteiger partial charge in [-0.05, 0) is 62.6 Å². The number of aryl methyl sites for hydroxylation is 1. The van der Waals surface area contributed by atoms with Crippen LogP contribution in [0.15, 0.2) is 24.3 Å². The number of carbonyl (C=O) groups excluding carboxylic acids is 5. The second-order valence-electron chi connectivity index (χ2n) is 9.46. The van der Waals surface area contributed by atoms with Gasteiger partial charge in [0.2, 0.25) is 0 Å². The zero-order valence-electron chi connectivity index (χ0n) is 21.1. The molecule has 196 valence electrons. The average molecular weight is 527 g/mol.